The van der Waals surface area contributed by atoms with E-state index in [1.54, 1.807) is 23.2 Å². The molecule has 1 aliphatic rings. The molecule has 2 heterocycles. The molecule has 25 heavy (non-hydrogen) atoms. The third-order valence-corrected chi connectivity index (χ3v) is 4.40. The lowest BCUT2D eigenvalue weighted by molar-refractivity contribution is 0.0633. The minimum atomic E-state index is -0.374. The van der Waals surface area contributed by atoms with E-state index in [1.807, 2.05) is 0 Å². The summed E-state index contributed by atoms with van der Waals surface area (Å²) < 4.78 is 18.2. The Kier molecular flexibility index (Phi) is 5.07. The standard InChI is InChI=1S/C19H19FN2O3/c1-25-18-16(5-2-10-21-18)19(24)22-11-3-4-14(12-22)17(23)13-6-8-15(20)9-7-13/h2,5-10,14H,3-4,11-12H2,1H3/t14-/m1/s1. The normalized spacial score (nSPS) is 17.2. The van der Waals surface area contributed by atoms with Crippen LogP contribution in [0.15, 0.2) is 42.6 Å². The monoisotopic (exact) mass is 342 g/mol. The van der Waals surface area contributed by atoms with Gasteiger partial charge in [0.1, 0.15) is 11.4 Å². The van der Waals surface area contributed by atoms with Crippen molar-refractivity contribution in [2.24, 2.45) is 5.92 Å². The molecule has 1 atom stereocenters. The van der Waals surface area contributed by atoms with E-state index in [1.165, 1.54) is 31.4 Å². The maximum Gasteiger partial charge on any atom is 0.259 e. The molecule has 1 fully saturated rings. The third kappa shape index (κ3) is 3.68. The van der Waals surface area contributed by atoms with Gasteiger partial charge in [-0.2, -0.15) is 0 Å². The van der Waals surface area contributed by atoms with Gasteiger partial charge in [0.15, 0.2) is 5.78 Å². The molecule has 1 amide bonds. The molecular weight excluding hydrogens is 323 g/mol. The number of pyridine rings is 1. The number of hydrogen-bond acceptors (Lipinski definition) is 4. The predicted octanol–water partition coefficient (Wildman–Crippen LogP) is 2.96. The van der Waals surface area contributed by atoms with Gasteiger partial charge in [-0.15, -0.1) is 0 Å². The summed E-state index contributed by atoms with van der Waals surface area (Å²) in [5, 5.41) is 0. The molecule has 1 aromatic carbocycles. The summed E-state index contributed by atoms with van der Waals surface area (Å²) in [7, 11) is 1.47. The molecule has 2 aromatic rings. The van der Waals surface area contributed by atoms with Gasteiger partial charge in [-0.3, -0.25) is 9.59 Å². The summed E-state index contributed by atoms with van der Waals surface area (Å²) in [5.41, 5.74) is 0.861. The largest absolute Gasteiger partial charge is 0.480 e. The van der Waals surface area contributed by atoms with Gasteiger partial charge < -0.3 is 9.64 Å². The lowest BCUT2D eigenvalue weighted by atomic mass is 9.89. The van der Waals surface area contributed by atoms with Gasteiger partial charge in [-0.1, -0.05) is 0 Å². The van der Waals surface area contributed by atoms with Crippen molar-refractivity contribution >= 4 is 11.7 Å². The van der Waals surface area contributed by atoms with Gasteiger partial charge in [-0.05, 0) is 49.2 Å². The topological polar surface area (TPSA) is 59.5 Å². The number of likely N-dealkylation sites (tertiary alicyclic amines) is 1. The van der Waals surface area contributed by atoms with E-state index in [0.29, 0.717) is 30.6 Å². The van der Waals surface area contributed by atoms with Crippen molar-refractivity contribution in [1.82, 2.24) is 9.88 Å². The Labute approximate surface area is 145 Å². The van der Waals surface area contributed by atoms with Gasteiger partial charge in [0.05, 0.1) is 7.11 Å². The zero-order valence-corrected chi connectivity index (χ0v) is 13.9. The average molecular weight is 342 g/mol. The van der Waals surface area contributed by atoms with E-state index in [0.717, 1.165) is 6.42 Å². The average Bonchev–Trinajstić information content (AvgIpc) is 2.67. The minimum absolute atomic E-state index is 0.0596. The van der Waals surface area contributed by atoms with Crippen LogP contribution in [0.3, 0.4) is 0 Å². The van der Waals surface area contributed by atoms with Crippen molar-refractivity contribution in [3.8, 4) is 5.88 Å². The van der Waals surface area contributed by atoms with E-state index >= 15 is 0 Å². The van der Waals surface area contributed by atoms with Crippen LogP contribution in [0.1, 0.15) is 33.6 Å². The molecule has 130 valence electrons. The predicted molar refractivity (Wildman–Crippen MR) is 90.1 cm³/mol. The van der Waals surface area contributed by atoms with Crippen LogP contribution in [0.4, 0.5) is 4.39 Å². The summed E-state index contributed by atoms with van der Waals surface area (Å²) in [6.07, 6.45) is 3.02. The van der Waals surface area contributed by atoms with Crippen LogP contribution in [-0.2, 0) is 0 Å². The quantitative estimate of drug-likeness (QED) is 0.802. The number of halogens is 1. The summed E-state index contributed by atoms with van der Waals surface area (Å²) in [5.74, 6) is -0.636. The number of Topliss-reactive ketones (excluding diaryl/α,β-unsaturated/α-hetero) is 1. The number of carbonyl (C=O) groups is 2. The van der Waals surface area contributed by atoms with Crippen LogP contribution in [0.25, 0.3) is 0 Å². The van der Waals surface area contributed by atoms with Gasteiger partial charge in [-0.25, -0.2) is 9.37 Å². The Bertz CT molecular complexity index is 776. The summed E-state index contributed by atoms with van der Waals surface area (Å²) in [6, 6.07) is 8.88. The second-order valence-corrected chi connectivity index (χ2v) is 6.02. The number of methoxy groups -OCH3 is 1. The number of hydrogen-bond donors (Lipinski definition) is 0. The number of ketones is 1. The van der Waals surface area contributed by atoms with E-state index in [2.05, 4.69) is 4.98 Å². The smallest absolute Gasteiger partial charge is 0.259 e. The number of nitrogens with zero attached hydrogens (tertiary/aromatic N) is 2. The molecule has 0 spiro atoms. The number of rotatable bonds is 4. The van der Waals surface area contributed by atoms with Gasteiger partial charge in [0, 0.05) is 30.8 Å². The number of benzene rings is 1. The van der Waals surface area contributed by atoms with Crippen LogP contribution in [-0.4, -0.2) is 41.8 Å². The first-order valence-corrected chi connectivity index (χ1v) is 8.18. The van der Waals surface area contributed by atoms with Crippen LogP contribution in [0.5, 0.6) is 5.88 Å². The lowest BCUT2D eigenvalue weighted by Crippen LogP contribution is -2.42. The van der Waals surface area contributed by atoms with Crippen LogP contribution < -0.4 is 4.74 Å². The van der Waals surface area contributed by atoms with Crippen molar-refractivity contribution in [2.45, 2.75) is 12.8 Å². The summed E-state index contributed by atoms with van der Waals surface area (Å²) >= 11 is 0. The Hall–Kier alpha value is -2.76. The minimum Gasteiger partial charge on any atom is -0.480 e. The van der Waals surface area contributed by atoms with Gasteiger partial charge in [0.25, 0.3) is 5.91 Å². The van der Waals surface area contributed by atoms with E-state index in [4.69, 9.17) is 4.74 Å². The Morgan fingerprint density at radius 3 is 2.72 bits per heavy atom. The highest BCUT2D eigenvalue weighted by Crippen LogP contribution is 2.24. The Morgan fingerprint density at radius 2 is 2.00 bits per heavy atom. The number of amides is 1. The highest BCUT2D eigenvalue weighted by molar-refractivity contribution is 6.00. The van der Waals surface area contributed by atoms with Gasteiger partial charge >= 0.3 is 0 Å². The van der Waals surface area contributed by atoms with Crippen LogP contribution in [0.2, 0.25) is 0 Å². The molecular formula is C19H19FN2O3. The second-order valence-electron chi connectivity index (χ2n) is 6.02. The zero-order valence-electron chi connectivity index (χ0n) is 13.9. The van der Waals surface area contributed by atoms with Gasteiger partial charge in [0.2, 0.25) is 5.88 Å². The van der Waals surface area contributed by atoms with E-state index < -0.39 is 0 Å². The number of ether oxygens (including phenoxy) is 1. The highest BCUT2D eigenvalue weighted by Gasteiger charge is 2.30. The molecule has 0 aliphatic carbocycles. The lowest BCUT2D eigenvalue weighted by Gasteiger charge is -2.32. The molecule has 6 heteroatoms. The molecule has 1 saturated heterocycles. The van der Waals surface area contributed by atoms with Crippen molar-refractivity contribution in [1.29, 1.82) is 0 Å². The summed E-state index contributed by atoms with van der Waals surface area (Å²) in [6.45, 7) is 0.928. The van der Waals surface area contributed by atoms with Crippen molar-refractivity contribution < 1.29 is 18.7 Å². The van der Waals surface area contributed by atoms with Crippen LogP contribution in [0, 0.1) is 11.7 Å². The van der Waals surface area contributed by atoms with Crippen LogP contribution >= 0.6 is 0 Å². The third-order valence-electron chi connectivity index (χ3n) is 4.40. The highest BCUT2D eigenvalue weighted by atomic mass is 19.1. The maximum absolute atomic E-state index is 13.0. The molecule has 1 aromatic heterocycles. The number of piperidine rings is 1. The van der Waals surface area contributed by atoms with Crippen molar-refractivity contribution in [2.75, 3.05) is 20.2 Å². The molecule has 0 unspecified atom stereocenters. The maximum atomic E-state index is 13.0. The fourth-order valence-corrected chi connectivity index (χ4v) is 3.11. The Balaban J connectivity index is 1.75. The molecule has 0 N–H and O–H groups in total. The SMILES string of the molecule is COc1ncccc1C(=O)N1CCC[C@@H](C(=O)c2ccc(F)cc2)C1. The number of aromatic nitrogens is 1. The Morgan fingerprint density at radius 1 is 1.24 bits per heavy atom. The first-order valence-electron chi connectivity index (χ1n) is 8.18. The molecule has 5 nitrogen and oxygen atoms in total. The second kappa shape index (κ2) is 7.42. The van der Waals surface area contributed by atoms with E-state index in [9.17, 15) is 14.0 Å². The zero-order chi connectivity index (χ0) is 17.8. The summed E-state index contributed by atoms with van der Waals surface area (Å²) in [4.78, 5) is 31.1. The van der Waals surface area contributed by atoms with Crippen molar-refractivity contribution in [3.63, 3.8) is 0 Å². The molecule has 0 saturated carbocycles. The van der Waals surface area contributed by atoms with E-state index in [-0.39, 0.29) is 29.3 Å². The fraction of sp³-hybridized carbons (Fsp3) is 0.316. The first kappa shape index (κ1) is 17.1. The molecule has 0 bridgehead atoms. The van der Waals surface area contributed by atoms with Crippen molar-refractivity contribution in [3.05, 3.63) is 59.5 Å². The number of carbonyl (C=O) groups excluding carboxylic acids is 2. The molecule has 0 radical (unpaired) electrons. The molecule has 1 aliphatic heterocycles. The molecule has 3 rings (SSSR count). The fourth-order valence-electron chi connectivity index (χ4n) is 3.11. The first-order chi connectivity index (χ1) is 12.1.